The minimum Gasteiger partial charge on any atom is -0.399 e. The van der Waals surface area contributed by atoms with E-state index >= 15 is 0 Å². The Morgan fingerprint density at radius 2 is 1.89 bits per heavy atom. The van der Waals surface area contributed by atoms with Crippen LogP contribution in [0, 0.1) is 0 Å². The van der Waals surface area contributed by atoms with Gasteiger partial charge in [-0.1, -0.05) is 19.1 Å². The predicted molar refractivity (Wildman–Crippen MR) is 76.7 cm³/mol. The zero-order valence-corrected chi connectivity index (χ0v) is 11.4. The molecule has 98 valence electrons. The monoisotopic (exact) mass is 244 g/mol. The molecule has 0 aliphatic heterocycles. The van der Waals surface area contributed by atoms with E-state index in [1.54, 1.807) is 0 Å². The average molecular weight is 244 g/mol. The Hall–Kier alpha value is -1.02. The van der Waals surface area contributed by atoms with Crippen LogP contribution in [0.3, 0.4) is 0 Å². The van der Waals surface area contributed by atoms with Gasteiger partial charge >= 0.3 is 0 Å². The van der Waals surface area contributed by atoms with Gasteiger partial charge in [-0.05, 0) is 56.3 Å². The molecule has 3 rings (SSSR count). The SMILES string of the molecule is CCCN(CC1(c2ccc(N)cc2)CC1)C1CC1. The first-order valence-corrected chi connectivity index (χ1v) is 7.33. The summed E-state index contributed by atoms with van der Waals surface area (Å²) in [5.41, 5.74) is 8.61. The molecule has 2 fully saturated rings. The van der Waals surface area contributed by atoms with E-state index in [1.807, 2.05) is 0 Å². The minimum atomic E-state index is 0.450. The van der Waals surface area contributed by atoms with Gasteiger partial charge in [0.25, 0.3) is 0 Å². The number of benzene rings is 1. The third-order valence-electron chi connectivity index (χ3n) is 4.46. The quantitative estimate of drug-likeness (QED) is 0.779. The van der Waals surface area contributed by atoms with Crippen LogP contribution in [0.4, 0.5) is 5.69 Å². The zero-order valence-electron chi connectivity index (χ0n) is 11.4. The average Bonchev–Trinajstić information content (AvgIpc) is 3.25. The molecule has 0 saturated heterocycles. The van der Waals surface area contributed by atoms with E-state index in [0.717, 1.165) is 11.7 Å². The van der Waals surface area contributed by atoms with Crippen LogP contribution in [0.25, 0.3) is 0 Å². The molecular weight excluding hydrogens is 220 g/mol. The number of anilines is 1. The molecule has 0 spiro atoms. The molecule has 0 amide bonds. The fourth-order valence-electron chi connectivity index (χ4n) is 3.03. The van der Waals surface area contributed by atoms with Crippen molar-refractivity contribution >= 4 is 5.69 Å². The van der Waals surface area contributed by atoms with Crippen molar-refractivity contribution in [3.63, 3.8) is 0 Å². The van der Waals surface area contributed by atoms with Crippen molar-refractivity contribution in [1.82, 2.24) is 4.90 Å². The summed E-state index contributed by atoms with van der Waals surface area (Å²) in [6.07, 6.45) is 6.80. The highest BCUT2D eigenvalue weighted by Crippen LogP contribution is 2.50. The predicted octanol–water partition coefficient (Wildman–Crippen LogP) is 3.17. The van der Waals surface area contributed by atoms with Crippen LogP contribution in [0.15, 0.2) is 24.3 Å². The number of hydrogen-bond acceptors (Lipinski definition) is 2. The van der Waals surface area contributed by atoms with Crippen molar-refractivity contribution in [2.24, 2.45) is 0 Å². The molecule has 0 aromatic heterocycles. The summed E-state index contributed by atoms with van der Waals surface area (Å²) < 4.78 is 0. The van der Waals surface area contributed by atoms with Crippen LogP contribution in [0.5, 0.6) is 0 Å². The summed E-state index contributed by atoms with van der Waals surface area (Å²) >= 11 is 0. The molecule has 2 aliphatic rings. The highest BCUT2D eigenvalue weighted by atomic mass is 15.2. The van der Waals surface area contributed by atoms with Gasteiger partial charge in [-0.3, -0.25) is 4.90 Å². The van der Waals surface area contributed by atoms with Crippen molar-refractivity contribution in [2.45, 2.75) is 50.5 Å². The maximum Gasteiger partial charge on any atom is 0.0314 e. The zero-order chi connectivity index (χ0) is 12.6. The van der Waals surface area contributed by atoms with Gasteiger partial charge in [0.2, 0.25) is 0 Å². The first kappa shape index (κ1) is 12.0. The summed E-state index contributed by atoms with van der Waals surface area (Å²) in [5.74, 6) is 0. The van der Waals surface area contributed by atoms with Crippen LogP contribution >= 0.6 is 0 Å². The molecule has 2 N–H and O–H groups in total. The van der Waals surface area contributed by atoms with Gasteiger partial charge in [-0.25, -0.2) is 0 Å². The summed E-state index contributed by atoms with van der Waals surface area (Å²) in [6.45, 7) is 4.81. The Morgan fingerprint density at radius 3 is 2.39 bits per heavy atom. The van der Waals surface area contributed by atoms with Crippen LogP contribution in [-0.2, 0) is 5.41 Å². The second-order valence-electron chi connectivity index (χ2n) is 6.10. The standard InChI is InChI=1S/C16H24N2/c1-2-11-18(15-7-8-15)12-16(9-10-16)13-3-5-14(17)6-4-13/h3-6,15H,2,7-12,17H2,1H3. The number of nitrogen functional groups attached to an aromatic ring is 1. The first-order valence-electron chi connectivity index (χ1n) is 7.33. The lowest BCUT2D eigenvalue weighted by atomic mass is 9.95. The van der Waals surface area contributed by atoms with Crippen molar-refractivity contribution in [1.29, 1.82) is 0 Å². The molecule has 1 aromatic carbocycles. The van der Waals surface area contributed by atoms with Crippen LogP contribution < -0.4 is 5.73 Å². The van der Waals surface area contributed by atoms with E-state index < -0.39 is 0 Å². The van der Waals surface area contributed by atoms with Crippen molar-refractivity contribution in [3.05, 3.63) is 29.8 Å². The largest absolute Gasteiger partial charge is 0.399 e. The van der Waals surface area contributed by atoms with Gasteiger partial charge in [0.1, 0.15) is 0 Å². The number of rotatable bonds is 6. The van der Waals surface area contributed by atoms with Crippen LogP contribution in [0.2, 0.25) is 0 Å². The maximum atomic E-state index is 5.79. The van der Waals surface area contributed by atoms with Crippen molar-refractivity contribution < 1.29 is 0 Å². The molecule has 0 heterocycles. The molecule has 2 heteroatoms. The highest BCUT2D eigenvalue weighted by molar-refractivity contribution is 5.43. The summed E-state index contributed by atoms with van der Waals surface area (Å²) in [7, 11) is 0. The van der Waals surface area contributed by atoms with Crippen LogP contribution in [0.1, 0.15) is 44.6 Å². The van der Waals surface area contributed by atoms with Crippen molar-refractivity contribution in [3.8, 4) is 0 Å². The molecule has 0 bridgehead atoms. The Labute approximate surface area is 110 Å². The van der Waals surface area contributed by atoms with E-state index in [1.165, 1.54) is 50.8 Å². The van der Waals surface area contributed by atoms with Gasteiger partial charge < -0.3 is 5.73 Å². The third-order valence-corrected chi connectivity index (χ3v) is 4.46. The Bertz CT molecular complexity index is 402. The second-order valence-corrected chi connectivity index (χ2v) is 6.10. The summed E-state index contributed by atoms with van der Waals surface area (Å²) in [6, 6.07) is 9.46. The smallest absolute Gasteiger partial charge is 0.0314 e. The van der Waals surface area contributed by atoms with E-state index in [9.17, 15) is 0 Å². The van der Waals surface area contributed by atoms with Gasteiger partial charge in [0, 0.05) is 23.7 Å². The van der Waals surface area contributed by atoms with Gasteiger partial charge in [0.05, 0.1) is 0 Å². The molecule has 2 nitrogen and oxygen atoms in total. The topological polar surface area (TPSA) is 29.3 Å². The fourth-order valence-corrected chi connectivity index (χ4v) is 3.03. The lowest BCUT2D eigenvalue weighted by Gasteiger charge is -2.27. The van der Waals surface area contributed by atoms with E-state index in [4.69, 9.17) is 5.73 Å². The van der Waals surface area contributed by atoms with E-state index in [2.05, 4.69) is 36.1 Å². The molecular formula is C16H24N2. The van der Waals surface area contributed by atoms with Gasteiger partial charge in [-0.15, -0.1) is 0 Å². The number of hydrogen-bond donors (Lipinski definition) is 1. The molecule has 18 heavy (non-hydrogen) atoms. The molecule has 0 unspecified atom stereocenters. The Morgan fingerprint density at radius 1 is 1.22 bits per heavy atom. The first-order chi connectivity index (χ1) is 8.73. The molecule has 1 aromatic rings. The van der Waals surface area contributed by atoms with Gasteiger partial charge in [-0.2, -0.15) is 0 Å². The molecule has 0 atom stereocenters. The number of nitrogens with two attached hydrogens (primary N) is 1. The maximum absolute atomic E-state index is 5.79. The minimum absolute atomic E-state index is 0.450. The Balaban J connectivity index is 1.72. The molecule has 2 saturated carbocycles. The normalized spacial score (nSPS) is 21.2. The summed E-state index contributed by atoms with van der Waals surface area (Å²) in [5, 5.41) is 0. The Kier molecular flexibility index (Phi) is 3.06. The van der Waals surface area contributed by atoms with Crippen molar-refractivity contribution in [2.75, 3.05) is 18.8 Å². The van der Waals surface area contributed by atoms with Gasteiger partial charge in [0.15, 0.2) is 0 Å². The highest BCUT2D eigenvalue weighted by Gasteiger charge is 2.47. The fraction of sp³-hybridized carbons (Fsp3) is 0.625. The number of nitrogens with zero attached hydrogens (tertiary/aromatic N) is 1. The lowest BCUT2D eigenvalue weighted by Crippen LogP contribution is -2.35. The molecule has 0 radical (unpaired) electrons. The van der Waals surface area contributed by atoms with E-state index in [-0.39, 0.29) is 0 Å². The third kappa shape index (κ3) is 2.39. The lowest BCUT2D eigenvalue weighted by molar-refractivity contribution is 0.239. The molecule has 2 aliphatic carbocycles. The summed E-state index contributed by atoms with van der Waals surface area (Å²) in [4.78, 5) is 2.73. The van der Waals surface area contributed by atoms with E-state index in [0.29, 0.717) is 5.41 Å². The van der Waals surface area contributed by atoms with Crippen LogP contribution in [-0.4, -0.2) is 24.0 Å². The second kappa shape index (κ2) is 4.58.